The second kappa shape index (κ2) is 4.57. The molecule has 0 aliphatic heterocycles. The molecule has 4 nitrogen and oxygen atoms in total. The van der Waals surface area contributed by atoms with Crippen molar-refractivity contribution < 1.29 is 9.84 Å². The van der Waals surface area contributed by atoms with Crippen LogP contribution in [0.25, 0.3) is 10.8 Å². The van der Waals surface area contributed by atoms with Crippen molar-refractivity contribution in [1.82, 2.24) is 9.97 Å². The molecule has 1 heterocycles. The standard InChI is InChI=1S/C15H12N2O2/c1-10-6-15(17-9-16-10)19-14-8-12-5-3-2-4-11(12)7-13(14)18/h2-9,18H,1H3. The van der Waals surface area contributed by atoms with Crippen LogP contribution < -0.4 is 4.74 Å². The number of fused-ring (bicyclic) bond motifs is 1. The summed E-state index contributed by atoms with van der Waals surface area (Å²) in [4.78, 5) is 8.01. The van der Waals surface area contributed by atoms with E-state index in [9.17, 15) is 5.11 Å². The molecule has 0 aliphatic rings. The molecule has 3 rings (SSSR count). The molecular weight excluding hydrogens is 240 g/mol. The zero-order chi connectivity index (χ0) is 13.2. The van der Waals surface area contributed by atoms with Crippen LogP contribution >= 0.6 is 0 Å². The van der Waals surface area contributed by atoms with E-state index in [0.29, 0.717) is 11.6 Å². The van der Waals surface area contributed by atoms with E-state index in [1.54, 1.807) is 18.2 Å². The third kappa shape index (κ3) is 2.33. The molecule has 0 saturated carbocycles. The van der Waals surface area contributed by atoms with Gasteiger partial charge in [-0.3, -0.25) is 0 Å². The van der Waals surface area contributed by atoms with Crippen molar-refractivity contribution in [3.63, 3.8) is 0 Å². The van der Waals surface area contributed by atoms with Gasteiger partial charge in [0.1, 0.15) is 6.33 Å². The minimum absolute atomic E-state index is 0.0926. The summed E-state index contributed by atoms with van der Waals surface area (Å²) in [6, 6.07) is 13.0. The normalized spacial score (nSPS) is 10.6. The Morgan fingerprint density at radius 1 is 1.00 bits per heavy atom. The topological polar surface area (TPSA) is 55.2 Å². The molecule has 4 heteroatoms. The Morgan fingerprint density at radius 2 is 1.74 bits per heavy atom. The first-order valence-electron chi connectivity index (χ1n) is 5.90. The summed E-state index contributed by atoms with van der Waals surface area (Å²) < 4.78 is 5.60. The Hall–Kier alpha value is -2.62. The van der Waals surface area contributed by atoms with Gasteiger partial charge < -0.3 is 9.84 Å². The summed E-state index contributed by atoms with van der Waals surface area (Å²) >= 11 is 0. The summed E-state index contributed by atoms with van der Waals surface area (Å²) in [6.45, 7) is 1.86. The monoisotopic (exact) mass is 252 g/mol. The fourth-order valence-electron chi connectivity index (χ4n) is 1.89. The zero-order valence-corrected chi connectivity index (χ0v) is 10.4. The van der Waals surface area contributed by atoms with Crippen molar-refractivity contribution in [1.29, 1.82) is 0 Å². The number of aryl methyl sites for hydroxylation is 1. The van der Waals surface area contributed by atoms with Gasteiger partial charge in [-0.2, -0.15) is 0 Å². The molecule has 3 aromatic rings. The predicted molar refractivity (Wildman–Crippen MR) is 72.5 cm³/mol. The second-order valence-electron chi connectivity index (χ2n) is 4.27. The van der Waals surface area contributed by atoms with Crippen molar-refractivity contribution in [2.45, 2.75) is 6.92 Å². The van der Waals surface area contributed by atoms with E-state index < -0.39 is 0 Å². The maximum atomic E-state index is 9.97. The highest BCUT2D eigenvalue weighted by molar-refractivity contribution is 5.85. The molecule has 19 heavy (non-hydrogen) atoms. The molecule has 0 spiro atoms. The fraction of sp³-hybridized carbons (Fsp3) is 0.0667. The van der Waals surface area contributed by atoms with Crippen LogP contribution in [-0.2, 0) is 0 Å². The number of nitrogens with zero attached hydrogens (tertiary/aromatic N) is 2. The van der Waals surface area contributed by atoms with Gasteiger partial charge >= 0.3 is 0 Å². The van der Waals surface area contributed by atoms with Crippen LogP contribution in [0.3, 0.4) is 0 Å². The van der Waals surface area contributed by atoms with E-state index in [1.807, 2.05) is 31.2 Å². The Morgan fingerprint density at radius 3 is 2.47 bits per heavy atom. The van der Waals surface area contributed by atoms with E-state index >= 15 is 0 Å². The molecule has 1 N–H and O–H groups in total. The lowest BCUT2D eigenvalue weighted by atomic mass is 10.1. The summed E-state index contributed by atoms with van der Waals surface area (Å²) in [5.41, 5.74) is 0.810. The van der Waals surface area contributed by atoms with Crippen LogP contribution in [0, 0.1) is 6.92 Å². The molecular formula is C15H12N2O2. The molecule has 2 aromatic carbocycles. The molecule has 0 amide bonds. The van der Waals surface area contributed by atoms with E-state index in [1.165, 1.54) is 6.33 Å². The molecule has 0 bridgehead atoms. The minimum Gasteiger partial charge on any atom is -0.504 e. The Bertz CT molecular complexity index is 741. The van der Waals surface area contributed by atoms with E-state index in [0.717, 1.165) is 16.5 Å². The van der Waals surface area contributed by atoms with Crippen molar-refractivity contribution in [3.05, 3.63) is 54.5 Å². The number of rotatable bonds is 2. The zero-order valence-electron chi connectivity index (χ0n) is 10.4. The molecule has 0 saturated heterocycles. The van der Waals surface area contributed by atoms with Crippen LogP contribution in [-0.4, -0.2) is 15.1 Å². The Kier molecular flexibility index (Phi) is 2.76. The summed E-state index contributed by atoms with van der Waals surface area (Å²) in [5.74, 6) is 0.893. The smallest absolute Gasteiger partial charge is 0.222 e. The molecule has 0 fully saturated rings. The average Bonchev–Trinajstić information content (AvgIpc) is 2.40. The van der Waals surface area contributed by atoms with Crippen molar-refractivity contribution >= 4 is 10.8 Å². The van der Waals surface area contributed by atoms with Gasteiger partial charge in [0.2, 0.25) is 5.88 Å². The maximum Gasteiger partial charge on any atom is 0.222 e. The average molecular weight is 252 g/mol. The molecule has 0 unspecified atom stereocenters. The number of phenolic OH excluding ortho intramolecular Hbond substituents is 1. The maximum absolute atomic E-state index is 9.97. The van der Waals surface area contributed by atoms with Crippen LogP contribution in [0.15, 0.2) is 48.8 Å². The summed E-state index contributed by atoms with van der Waals surface area (Å²) in [5, 5.41) is 11.9. The Labute approximate surface area is 110 Å². The highest BCUT2D eigenvalue weighted by Gasteiger charge is 2.07. The molecule has 94 valence electrons. The van der Waals surface area contributed by atoms with Crippen LogP contribution in [0.4, 0.5) is 0 Å². The first-order valence-corrected chi connectivity index (χ1v) is 5.90. The number of aromatic hydroxyl groups is 1. The van der Waals surface area contributed by atoms with Gasteiger partial charge in [0.15, 0.2) is 11.5 Å². The lowest BCUT2D eigenvalue weighted by Gasteiger charge is -2.08. The first kappa shape index (κ1) is 11.5. The Balaban J connectivity index is 2.03. The molecule has 1 aromatic heterocycles. The van der Waals surface area contributed by atoms with Gasteiger partial charge in [-0.1, -0.05) is 24.3 Å². The van der Waals surface area contributed by atoms with Gasteiger partial charge in [0.25, 0.3) is 0 Å². The molecule has 0 radical (unpaired) electrons. The number of ether oxygens (including phenoxy) is 1. The van der Waals surface area contributed by atoms with Gasteiger partial charge in [0, 0.05) is 11.8 Å². The second-order valence-corrected chi connectivity index (χ2v) is 4.27. The van der Waals surface area contributed by atoms with Gasteiger partial charge in [-0.25, -0.2) is 9.97 Å². The van der Waals surface area contributed by atoms with E-state index in [2.05, 4.69) is 9.97 Å². The number of hydrogen-bond donors (Lipinski definition) is 1. The SMILES string of the molecule is Cc1cc(Oc2cc3ccccc3cc2O)ncn1. The van der Waals surface area contributed by atoms with Gasteiger partial charge in [-0.15, -0.1) is 0 Å². The predicted octanol–water partition coefficient (Wildman–Crippen LogP) is 3.44. The molecule has 0 atom stereocenters. The van der Waals surface area contributed by atoms with Gasteiger partial charge in [0.05, 0.1) is 0 Å². The number of hydrogen-bond acceptors (Lipinski definition) is 4. The van der Waals surface area contributed by atoms with Crippen molar-refractivity contribution in [2.24, 2.45) is 0 Å². The lowest BCUT2D eigenvalue weighted by Crippen LogP contribution is -1.91. The van der Waals surface area contributed by atoms with Crippen LogP contribution in [0.5, 0.6) is 17.4 Å². The lowest BCUT2D eigenvalue weighted by molar-refractivity contribution is 0.403. The fourth-order valence-corrected chi connectivity index (χ4v) is 1.89. The highest BCUT2D eigenvalue weighted by Crippen LogP contribution is 2.33. The van der Waals surface area contributed by atoms with Crippen molar-refractivity contribution in [2.75, 3.05) is 0 Å². The number of phenols is 1. The van der Waals surface area contributed by atoms with Crippen LogP contribution in [0.1, 0.15) is 5.69 Å². The number of aromatic nitrogens is 2. The summed E-state index contributed by atoms with van der Waals surface area (Å²) in [6.07, 6.45) is 1.43. The largest absolute Gasteiger partial charge is 0.504 e. The highest BCUT2D eigenvalue weighted by atomic mass is 16.5. The van der Waals surface area contributed by atoms with Gasteiger partial charge in [-0.05, 0) is 29.8 Å². The van der Waals surface area contributed by atoms with Crippen molar-refractivity contribution in [3.8, 4) is 17.4 Å². The van der Waals surface area contributed by atoms with E-state index in [4.69, 9.17) is 4.74 Å². The number of benzene rings is 2. The minimum atomic E-state index is 0.0926. The summed E-state index contributed by atoms with van der Waals surface area (Å²) in [7, 11) is 0. The third-order valence-corrected chi connectivity index (χ3v) is 2.82. The third-order valence-electron chi connectivity index (χ3n) is 2.82. The first-order chi connectivity index (χ1) is 9.22. The van der Waals surface area contributed by atoms with Crippen LogP contribution in [0.2, 0.25) is 0 Å². The molecule has 0 aliphatic carbocycles. The quantitative estimate of drug-likeness (QED) is 0.759. The van der Waals surface area contributed by atoms with E-state index in [-0.39, 0.29) is 5.75 Å².